The van der Waals surface area contributed by atoms with Gasteiger partial charge in [-0.25, -0.2) is 0 Å². The molecule has 0 aromatic rings. The van der Waals surface area contributed by atoms with Crippen LogP contribution in [0.25, 0.3) is 0 Å². The van der Waals surface area contributed by atoms with Crippen LogP contribution in [0.3, 0.4) is 0 Å². The maximum atomic E-state index is 12.8. The lowest BCUT2D eigenvalue weighted by molar-refractivity contribution is -0.198. The number of hydrogen-bond acceptors (Lipinski definition) is 1. The third-order valence-electron chi connectivity index (χ3n) is 3.76. The molecule has 0 aromatic heterocycles. The summed E-state index contributed by atoms with van der Waals surface area (Å²) in [5.41, 5.74) is 0. The van der Waals surface area contributed by atoms with E-state index < -0.39 is 18.0 Å². The van der Waals surface area contributed by atoms with Crippen molar-refractivity contribution < 1.29 is 18.0 Å². The smallest absolute Gasteiger partial charge is 0.299 e. The molecule has 0 N–H and O–H groups in total. The highest BCUT2D eigenvalue weighted by molar-refractivity contribution is 5.83. The summed E-state index contributed by atoms with van der Waals surface area (Å²) in [6.45, 7) is 3.71. The normalized spacial score (nSPS) is 27.8. The third-order valence-corrected chi connectivity index (χ3v) is 3.76. The zero-order chi connectivity index (χ0) is 13.1. The fraction of sp³-hybridized carbons (Fsp3) is 0.923. The Morgan fingerprint density at radius 1 is 1.29 bits per heavy atom. The average Bonchev–Trinajstić information content (AvgIpc) is 2.27. The minimum absolute atomic E-state index is 0.124. The summed E-state index contributed by atoms with van der Waals surface area (Å²) in [5.74, 6) is -2.59. The standard InChI is InChI=1S/C13H21F3O/c1-3-6-9(2)12(17)10-7-4-5-8-11(10)13(14,15)16/h9-11H,3-8H2,1-2H3. The lowest BCUT2D eigenvalue weighted by Crippen LogP contribution is -2.39. The van der Waals surface area contributed by atoms with Crippen LogP contribution in [0.15, 0.2) is 0 Å². The maximum absolute atomic E-state index is 12.8. The second-order valence-electron chi connectivity index (χ2n) is 5.13. The summed E-state index contributed by atoms with van der Waals surface area (Å²) in [4.78, 5) is 12.0. The molecule has 3 atom stereocenters. The molecule has 0 spiro atoms. The third kappa shape index (κ3) is 3.71. The van der Waals surface area contributed by atoms with Crippen LogP contribution in [0.5, 0.6) is 0 Å². The van der Waals surface area contributed by atoms with Gasteiger partial charge in [-0.2, -0.15) is 13.2 Å². The lowest BCUT2D eigenvalue weighted by Gasteiger charge is -2.33. The molecule has 0 amide bonds. The topological polar surface area (TPSA) is 17.1 Å². The van der Waals surface area contributed by atoms with E-state index in [0.29, 0.717) is 19.3 Å². The maximum Gasteiger partial charge on any atom is 0.392 e. The van der Waals surface area contributed by atoms with Gasteiger partial charge in [0.15, 0.2) is 0 Å². The minimum Gasteiger partial charge on any atom is -0.299 e. The summed E-state index contributed by atoms with van der Waals surface area (Å²) in [6, 6.07) is 0. The monoisotopic (exact) mass is 250 g/mol. The molecule has 1 aliphatic carbocycles. The number of alkyl halides is 3. The average molecular weight is 250 g/mol. The summed E-state index contributed by atoms with van der Waals surface area (Å²) >= 11 is 0. The molecule has 4 heteroatoms. The predicted molar refractivity (Wildman–Crippen MR) is 60.6 cm³/mol. The Kier molecular flexibility index (Phi) is 5.02. The van der Waals surface area contributed by atoms with Crippen molar-refractivity contribution >= 4 is 5.78 Å². The summed E-state index contributed by atoms with van der Waals surface area (Å²) in [7, 11) is 0. The molecule has 1 nitrogen and oxygen atoms in total. The molecule has 1 rings (SSSR count). The Hall–Kier alpha value is -0.540. The molecule has 0 aromatic carbocycles. The van der Waals surface area contributed by atoms with Gasteiger partial charge in [0, 0.05) is 11.8 Å². The number of rotatable bonds is 4. The van der Waals surface area contributed by atoms with Gasteiger partial charge >= 0.3 is 6.18 Å². The summed E-state index contributed by atoms with van der Waals surface area (Å²) in [6.07, 6.45) is -0.795. The number of carbonyl (C=O) groups excluding carboxylic acids is 1. The van der Waals surface area contributed by atoms with Crippen LogP contribution >= 0.6 is 0 Å². The van der Waals surface area contributed by atoms with E-state index in [9.17, 15) is 18.0 Å². The first-order chi connectivity index (χ1) is 7.88. The quantitative estimate of drug-likeness (QED) is 0.724. The van der Waals surface area contributed by atoms with Crippen LogP contribution in [0.1, 0.15) is 52.4 Å². The molecular weight excluding hydrogens is 229 g/mol. The van der Waals surface area contributed by atoms with Crippen molar-refractivity contribution in [3.8, 4) is 0 Å². The summed E-state index contributed by atoms with van der Waals surface area (Å²) in [5, 5.41) is 0. The van der Waals surface area contributed by atoms with Crippen LogP contribution in [0.4, 0.5) is 13.2 Å². The first kappa shape index (κ1) is 14.5. The second kappa shape index (κ2) is 5.87. The van der Waals surface area contributed by atoms with Crippen molar-refractivity contribution in [1.29, 1.82) is 0 Å². The Morgan fingerprint density at radius 2 is 1.88 bits per heavy atom. The molecule has 1 aliphatic rings. The van der Waals surface area contributed by atoms with Gasteiger partial charge in [0.05, 0.1) is 5.92 Å². The highest BCUT2D eigenvalue weighted by Gasteiger charge is 2.48. The second-order valence-corrected chi connectivity index (χ2v) is 5.13. The number of carbonyl (C=O) groups is 1. The molecule has 3 unspecified atom stereocenters. The van der Waals surface area contributed by atoms with Crippen molar-refractivity contribution in [2.75, 3.05) is 0 Å². The van der Waals surface area contributed by atoms with Gasteiger partial charge < -0.3 is 0 Å². The Labute approximate surface area is 101 Å². The predicted octanol–water partition coefficient (Wildman–Crippen LogP) is 4.36. The van der Waals surface area contributed by atoms with Crippen molar-refractivity contribution in [1.82, 2.24) is 0 Å². The fourth-order valence-electron chi connectivity index (χ4n) is 2.80. The van der Waals surface area contributed by atoms with Crippen LogP contribution in [0, 0.1) is 17.8 Å². The lowest BCUT2D eigenvalue weighted by atomic mass is 9.73. The highest BCUT2D eigenvalue weighted by atomic mass is 19.4. The van der Waals surface area contributed by atoms with Crippen LogP contribution < -0.4 is 0 Å². The zero-order valence-electron chi connectivity index (χ0n) is 10.5. The van der Waals surface area contributed by atoms with E-state index in [-0.39, 0.29) is 18.1 Å². The van der Waals surface area contributed by atoms with Crippen LogP contribution in [-0.2, 0) is 4.79 Å². The minimum atomic E-state index is -4.22. The van der Waals surface area contributed by atoms with E-state index >= 15 is 0 Å². The van der Waals surface area contributed by atoms with Crippen LogP contribution in [0.2, 0.25) is 0 Å². The van der Waals surface area contributed by atoms with Crippen molar-refractivity contribution in [2.45, 2.75) is 58.5 Å². The van der Waals surface area contributed by atoms with Gasteiger partial charge in [0.1, 0.15) is 5.78 Å². The molecule has 0 radical (unpaired) electrons. The van der Waals surface area contributed by atoms with E-state index in [0.717, 1.165) is 12.8 Å². The van der Waals surface area contributed by atoms with Crippen molar-refractivity contribution in [3.05, 3.63) is 0 Å². The number of halogens is 3. The molecule has 0 aliphatic heterocycles. The van der Waals surface area contributed by atoms with E-state index in [1.807, 2.05) is 6.92 Å². The van der Waals surface area contributed by atoms with Crippen molar-refractivity contribution in [2.24, 2.45) is 17.8 Å². The molecule has 17 heavy (non-hydrogen) atoms. The van der Waals surface area contributed by atoms with E-state index in [1.165, 1.54) is 0 Å². The Morgan fingerprint density at radius 3 is 2.41 bits per heavy atom. The molecular formula is C13H21F3O. The fourth-order valence-corrected chi connectivity index (χ4v) is 2.80. The zero-order valence-corrected chi connectivity index (χ0v) is 10.5. The Balaban J connectivity index is 2.74. The molecule has 0 saturated heterocycles. The SMILES string of the molecule is CCCC(C)C(=O)C1CCCCC1C(F)(F)F. The van der Waals surface area contributed by atoms with Gasteiger partial charge in [0.25, 0.3) is 0 Å². The number of hydrogen-bond donors (Lipinski definition) is 0. The van der Waals surface area contributed by atoms with Gasteiger partial charge in [-0.3, -0.25) is 4.79 Å². The molecule has 1 fully saturated rings. The highest BCUT2D eigenvalue weighted by Crippen LogP contribution is 2.42. The largest absolute Gasteiger partial charge is 0.392 e. The first-order valence-corrected chi connectivity index (χ1v) is 6.48. The van der Waals surface area contributed by atoms with Gasteiger partial charge in [-0.05, 0) is 19.3 Å². The molecule has 1 saturated carbocycles. The van der Waals surface area contributed by atoms with Crippen LogP contribution in [-0.4, -0.2) is 12.0 Å². The molecule has 100 valence electrons. The van der Waals surface area contributed by atoms with E-state index in [2.05, 4.69) is 0 Å². The van der Waals surface area contributed by atoms with Crippen molar-refractivity contribution in [3.63, 3.8) is 0 Å². The van der Waals surface area contributed by atoms with E-state index in [4.69, 9.17) is 0 Å². The number of ketones is 1. The van der Waals surface area contributed by atoms with Gasteiger partial charge in [-0.1, -0.05) is 33.1 Å². The first-order valence-electron chi connectivity index (χ1n) is 6.48. The molecule has 0 bridgehead atoms. The van der Waals surface area contributed by atoms with Gasteiger partial charge in [0.2, 0.25) is 0 Å². The van der Waals surface area contributed by atoms with Gasteiger partial charge in [-0.15, -0.1) is 0 Å². The summed E-state index contributed by atoms with van der Waals surface area (Å²) < 4.78 is 38.5. The number of Topliss-reactive ketones (excluding diaryl/α,β-unsaturated/α-hetero) is 1. The molecule has 0 heterocycles. The van der Waals surface area contributed by atoms with E-state index in [1.54, 1.807) is 6.92 Å². The Bertz CT molecular complexity index is 260.